The molecule has 0 amide bonds. The molecule has 0 bridgehead atoms. The van der Waals surface area contributed by atoms with Crippen LogP contribution in [-0.4, -0.2) is 28.9 Å². The highest BCUT2D eigenvalue weighted by molar-refractivity contribution is 5.92. The molecule has 4 aliphatic carbocycles. The summed E-state index contributed by atoms with van der Waals surface area (Å²) in [5, 5.41) is 9.33. The molecule has 0 heterocycles. The Hall–Kier alpha value is -1.29. The maximum atomic E-state index is 16.5. The fraction of sp³-hybridized carbons (Fsp3) is 0.714. The van der Waals surface area contributed by atoms with Crippen LogP contribution in [0.4, 0.5) is 4.39 Å². The van der Waals surface area contributed by atoms with Crippen molar-refractivity contribution in [1.82, 2.24) is 0 Å². The molecule has 0 aromatic rings. The van der Waals surface area contributed by atoms with Crippen LogP contribution in [0.25, 0.3) is 0 Å². The second-order valence-electron chi connectivity index (χ2n) is 9.01. The summed E-state index contributed by atoms with van der Waals surface area (Å²) in [6, 6.07) is 0. The SMILES string of the molecule is C[C@]12CC[C@@]3(F)[C@@H](C=CC4=CC(=O)CC[C@@]43C)[C@@H]1CC[C@@H]2C(=O)CO. The third kappa shape index (κ3) is 2.06. The molecule has 0 radical (unpaired) electrons. The number of hydrogen-bond donors (Lipinski definition) is 1. The summed E-state index contributed by atoms with van der Waals surface area (Å²) in [5.41, 5.74) is -1.35. The van der Waals surface area contributed by atoms with Gasteiger partial charge < -0.3 is 5.11 Å². The molecule has 4 heteroatoms. The second-order valence-corrected chi connectivity index (χ2v) is 9.01. The number of alkyl halides is 1. The van der Waals surface area contributed by atoms with E-state index in [9.17, 15) is 14.7 Å². The number of Topliss-reactive ketones (excluding diaryl/α,β-unsaturated/α-hetero) is 1. The smallest absolute Gasteiger partial charge is 0.161 e. The molecular weight excluding hydrogens is 319 g/mol. The van der Waals surface area contributed by atoms with Crippen LogP contribution in [0.2, 0.25) is 0 Å². The minimum absolute atomic E-state index is 0.0915. The Balaban J connectivity index is 1.76. The van der Waals surface area contributed by atoms with Crippen molar-refractivity contribution in [3.63, 3.8) is 0 Å². The lowest BCUT2D eigenvalue weighted by atomic mass is 9.47. The van der Waals surface area contributed by atoms with Gasteiger partial charge in [-0.2, -0.15) is 0 Å². The summed E-state index contributed by atoms with van der Waals surface area (Å²) in [6.07, 6.45) is 9.24. The van der Waals surface area contributed by atoms with E-state index in [2.05, 4.69) is 6.92 Å². The second kappa shape index (κ2) is 5.35. The predicted molar refractivity (Wildman–Crippen MR) is 92.5 cm³/mol. The predicted octanol–water partition coefficient (Wildman–Crippen LogP) is 3.56. The summed E-state index contributed by atoms with van der Waals surface area (Å²) in [4.78, 5) is 24.0. The first-order valence-electron chi connectivity index (χ1n) is 9.52. The highest BCUT2D eigenvalue weighted by Gasteiger charge is 2.66. The van der Waals surface area contributed by atoms with Gasteiger partial charge in [-0.25, -0.2) is 4.39 Å². The van der Waals surface area contributed by atoms with Crippen molar-refractivity contribution in [2.75, 3.05) is 6.61 Å². The van der Waals surface area contributed by atoms with Crippen molar-refractivity contribution in [3.05, 3.63) is 23.8 Å². The van der Waals surface area contributed by atoms with Crippen LogP contribution in [0.5, 0.6) is 0 Å². The van der Waals surface area contributed by atoms with E-state index in [1.807, 2.05) is 19.1 Å². The molecule has 4 rings (SSSR count). The van der Waals surface area contributed by atoms with Gasteiger partial charge in [-0.3, -0.25) is 9.59 Å². The third-order valence-corrected chi connectivity index (χ3v) is 8.17. The van der Waals surface area contributed by atoms with Crippen molar-refractivity contribution in [3.8, 4) is 0 Å². The van der Waals surface area contributed by atoms with Gasteiger partial charge >= 0.3 is 0 Å². The molecule has 6 atom stereocenters. The van der Waals surface area contributed by atoms with Gasteiger partial charge in [-0.05, 0) is 55.1 Å². The summed E-state index contributed by atoms with van der Waals surface area (Å²) in [6.45, 7) is 3.69. The molecule has 0 aromatic heterocycles. The number of fused-ring (bicyclic) bond motifs is 5. The Bertz CT molecular complexity index is 695. The number of carbonyl (C=O) groups is 2. The highest BCUT2D eigenvalue weighted by atomic mass is 19.1. The number of hydrogen-bond acceptors (Lipinski definition) is 3. The van der Waals surface area contributed by atoms with Crippen LogP contribution in [0.3, 0.4) is 0 Å². The number of ketones is 2. The number of rotatable bonds is 2. The summed E-state index contributed by atoms with van der Waals surface area (Å²) < 4.78 is 16.5. The zero-order valence-corrected chi connectivity index (χ0v) is 15.1. The highest BCUT2D eigenvalue weighted by Crippen LogP contribution is 2.68. The number of allylic oxidation sites excluding steroid dienone is 4. The summed E-state index contributed by atoms with van der Waals surface area (Å²) in [5.74, 6) is -0.240. The van der Waals surface area contributed by atoms with E-state index < -0.39 is 17.7 Å². The maximum Gasteiger partial charge on any atom is 0.161 e. The Labute approximate surface area is 148 Å². The quantitative estimate of drug-likeness (QED) is 0.832. The van der Waals surface area contributed by atoms with E-state index in [1.54, 1.807) is 6.08 Å². The van der Waals surface area contributed by atoms with Gasteiger partial charge in [0.25, 0.3) is 0 Å². The fourth-order valence-electron chi connectivity index (χ4n) is 6.53. The van der Waals surface area contributed by atoms with E-state index in [0.717, 1.165) is 18.4 Å². The van der Waals surface area contributed by atoms with Crippen molar-refractivity contribution in [2.45, 2.75) is 58.0 Å². The average Bonchev–Trinajstić information content (AvgIpc) is 2.93. The van der Waals surface area contributed by atoms with Crippen LogP contribution >= 0.6 is 0 Å². The first-order chi connectivity index (χ1) is 11.8. The van der Waals surface area contributed by atoms with Crippen LogP contribution in [0.1, 0.15) is 52.4 Å². The lowest BCUT2D eigenvalue weighted by molar-refractivity contribution is -0.140. The Morgan fingerprint density at radius 1 is 1.28 bits per heavy atom. The number of aliphatic hydroxyl groups excluding tert-OH is 1. The zero-order valence-electron chi connectivity index (χ0n) is 15.1. The van der Waals surface area contributed by atoms with Gasteiger partial charge in [-0.1, -0.05) is 26.0 Å². The largest absolute Gasteiger partial charge is 0.389 e. The topological polar surface area (TPSA) is 54.4 Å². The van der Waals surface area contributed by atoms with Gasteiger partial charge in [0.2, 0.25) is 0 Å². The minimum Gasteiger partial charge on any atom is -0.389 e. The van der Waals surface area contributed by atoms with Crippen molar-refractivity contribution in [2.24, 2.45) is 28.6 Å². The first kappa shape index (κ1) is 17.1. The lowest BCUT2D eigenvalue weighted by Gasteiger charge is -2.59. The van der Waals surface area contributed by atoms with Gasteiger partial charge in [-0.15, -0.1) is 0 Å². The van der Waals surface area contributed by atoms with E-state index in [1.165, 1.54) is 0 Å². The molecule has 0 aliphatic heterocycles. The first-order valence-corrected chi connectivity index (χ1v) is 9.52. The normalized spacial score (nSPS) is 48.4. The Morgan fingerprint density at radius 3 is 2.76 bits per heavy atom. The Kier molecular flexibility index (Phi) is 3.67. The molecule has 2 saturated carbocycles. The van der Waals surface area contributed by atoms with Gasteiger partial charge in [0.15, 0.2) is 11.6 Å². The van der Waals surface area contributed by atoms with Gasteiger partial charge in [0.05, 0.1) is 0 Å². The standard InChI is InChI=1S/C21H27FO3/c1-19-9-10-21(22)16(15(19)5-6-17(19)18(25)12-23)4-3-13-11-14(24)7-8-20(13,21)2/h3-4,11,15-17,23H,5-10,12H2,1-2H3/t15-,16-,17+,19-,20-,21+/m0/s1. The summed E-state index contributed by atoms with van der Waals surface area (Å²) in [7, 11) is 0. The molecule has 4 aliphatic rings. The minimum atomic E-state index is -1.35. The maximum absolute atomic E-state index is 16.5. The van der Waals surface area contributed by atoms with Crippen LogP contribution in [0, 0.1) is 28.6 Å². The molecule has 0 saturated heterocycles. The third-order valence-electron chi connectivity index (χ3n) is 8.17. The molecule has 0 spiro atoms. The van der Waals surface area contributed by atoms with Crippen LogP contribution in [0.15, 0.2) is 23.8 Å². The van der Waals surface area contributed by atoms with Crippen molar-refractivity contribution in [1.29, 1.82) is 0 Å². The monoisotopic (exact) mass is 346 g/mol. The lowest BCUT2D eigenvalue weighted by Crippen LogP contribution is -2.59. The molecule has 25 heavy (non-hydrogen) atoms. The number of halogens is 1. The zero-order chi connectivity index (χ0) is 18.0. The van der Waals surface area contributed by atoms with Crippen molar-refractivity contribution < 1.29 is 19.1 Å². The molecule has 136 valence electrons. The van der Waals surface area contributed by atoms with Crippen LogP contribution < -0.4 is 0 Å². The van der Waals surface area contributed by atoms with E-state index in [4.69, 9.17) is 0 Å². The van der Waals surface area contributed by atoms with Gasteiger partial charge in [0.1, 0.15) is 12.3 Å². The van der Waals surface area contributed by atoms with E-state index in [0.29, 0.717) is 25.7 Å². The van der Waals surface area contributed by atoms with E-state index >= 15 is 4.39 Å². The molecule has 0 aromatic carbocycles. The number of carbonyl (C=O) groups excluding carboxylic acids is 2. The molecule has 3 nitrogen and oxygen atoms in total. The molecule has 2 fully saturated rings. The van der Waals surface area contributed by atoms with Crippen LogP contribution in [-0.2, 0) is 9.59 Å². The average molecular weight is 346 g/mol. The van der Waals surface area contributed by atoms with Gasteiger partial charge in [0, 0.05) is 23.7 Å². The molecule has 1 N–H and O–H groups in total. The fourth-order valence-corrected chi connectivity index (χ4v) is 6.53. The number of aliphatic hydroxyl groups is 1. The van der Waals surface area contributed by atoms with E-state index in [-0.39, 0.29) is 34.7 Å². The summed E-state index contributed by atoms with van der Waals surface area (Å²) >= 11 is 0. The van der Waals surface area contributed by atoms with Crippen molar-refractivity contribution >= 4 is 11.6 Å². The molecule has 0 unspecified atom stereocenters. The Morgan fingerprint density at radius 2 is 2.04 bits per heavy atom. The molecular formula is C21H27FO3.